The van der Waals surface area contributed by atoms with Gasteiger partial charge in [-0.3, -0.25) is 9.69 Å². The van der Waals surface area contributed by atoms with Gasteiger partial charge in [-0.25, -0.2) is 4.39 Å². The minimum atomic E-state index is -1.27. The van der Waals surface area contributed by atoms with Crippen molar-refractivity contribution in [2.75, 3.05) is 14.2 Å². The fourth-order valence-corrected chi connectivity index (χ4v) is 6.10. The standard InChI is InChI=1S/C26H30FNO3/c1-30-23-11-18-10-19(25(29)22(18)12-24(23)31-2)13-26(27)14-20-8-9-21(15-26)28(20)16-17-6-4-3-5-7-17/h3-7,11-12,19-21H,8-10,13-16H2,1-2H3. The molecule has 1 aliphatic carbocycles. The lowest BCUT2D eigenvalue weighted by molar-refractivity contribution is -0.00652. The molecular formula is C26H30FNO3. The Morgan fingerprint density at radius 3 is 2.32 bits per heavy atom. The maximum absolute atomic E-state index is 16.1. The van der Waals surface area contributed by atoms with Gasteiger partial charge in [0.2, 0.25) is 0 Å². The summed E-state index contributed by atoms with van der Waals surface area (Å²) in [6.07, 6.45) is 4.07. The molecule has 3 aliphatic rings. The number of Topliss-reactive ketones (excluding diaryl/α,β-unsaturated/α-hetero) is 1. The molecule has 0 N–H and O–H groups in total. The maximum atomic E-state index is 16.1. The van der Waals surface area contributed by atoms with Gasteiger partial charge in [-0.05, 0) is 61.8 Å². The van der Waals surface area contributed by atoms with Gasteiger partial charge in [0.1, 0.15) is 5.67 Å². The first-order valence-corrected chi connectivity index (χ1v) is 11.3. The monoisotopic (exact) mass is 423 g/mol. The number of methoxy groups -OCH3 is 2. The molecule has 2 bridgehead atoms. The summed E-state index contributed by atoms with van der Waals surface area (Å²) in [5.74, 6) is 0.929. The van der Waals surface area contributed by atoms with Crippen LogP contribution in [0.1, 0.15) is 53.6 Å². The van der Waals surface area contributed by atoms with Gasteiger partial charge in [0, 0.05) is 30.1 Å². The summed E-state index contributed by atoms with van der Waals surface area (Å²) in [4.78, 5) is 15.6. The molecule has 0 radical (unpaired) electrons. The molecule has 3 atom stereocenters. The van der Waals surface area contributed by atoms with Crippen LogP contribution in [0.25, 0.3) is 0 Å². The van der Waals surface area contributed by atoms with Crippen molar-refractivity contribution < 1.29 is 18.7 Å². The molecule has 0 aromatic heterocycles. The lowest BCUT2D eigenvalue weighted by atomic mass is 9.79. The summed E-state index contributed by atoms with van der Waals surface area (Å²) >= 11 is 0. The number of fused-ring (bicyclic) bond motifs is 3. The quantitative estimate of drug-likeness (QED) is 0.657. The van der Waals surface area contributed by atoms with E-state index in [1.807, 2.05) is 12.1 Å². The third kappa shape index (κ3) is 3.73. The maximum Gasteiger partial charge on any atom is 0.166 e. The first-order chi connectivity index (χ1) is 15.0. The first kappa shape index (κ1) is 20.5. The van der Waals surface area contributed by atoms with Gasteiger partial charge in [0.15, 0.2) is 17.3 Å². The van der Waals surface area contributed by atoms with E-state index in [0.29, 0.717) is 42.7 Å². The number of piperidine rings is 1. The highest BCUT2D eigenvalue weighted by Gasteiger charge is 2.50. The Balaban J connectivity index is 1.29. The van der Waals surface area contributed by atoms with Crippen LogP contribution in [0, 0.1) is 5.92 Å². The molecule has 2 aromatic rings. The average Bonchev–Trinajstić information content (AvgIpc) is 3.20. The zero-order valence-electron chi connectivity index (χ0n) is 18.3. The zero-order chi connectivity index (χ0) is 21.6. The Kier molecular flexibility index (Phi) is 5.25. The summed E-state index contributed by atoms with van der Waals surface area (Å²) in [5.41, 5.74) is 1.63. The minimum absolute atomic E-state index is 0.0482. The highest BCUT2D eigenvalue weighted by atomic mass is 19.1. The number of rotatable bonds is 6. The zero-order valence-corrected chi connectivity index (χ0v) is 18.3. The summed E-state index contributed by atoms with van der Waals surface area (Å²) < 4.78 is 26.9. The molecule has 2 heterocycles. The van der Waals surface area contributed by atoms with Crippen molar-refractivity contribution in [1.29, 1.82) is 0 Å². The molecule has 0 amide bonds. The van der Waals surface area contributed by atoms with Crippen molar-refractivity contribution in [3.05, 3.63) is 59.2 Å². The Labute approximate surface area is 183 Å². The molecule has 0 saturated carbocycles. The number of halogens is 1. The van der Waals surface area contributed by atoms with Crippen molar-refractivity contribution >= 4 is 5.78 Å². The number of nitrogens with zero attached hydrogens (tertiary/aromatic N) is 1. The third-order valence-electron chi connectivity index (χ3n) is 7.51. The molecule has 2 fully saturated rings. The van der Waals surface area contributed by atoms with Gasteiger partial charge in [-0.1, -0.05) is 30.3 Å². The second kappa shape index (κ2) is 7.94. The SMILES string of the molecule is COc1cc2c(cc1OC)C(=O)C(CC1(F)CC3CCC(C1)N3Cc1ccccc1)C2. The molecule has 31 heavy (non-hydrogen) atoms. The van der Waals surface area contributed by atoms with E-state index in [2.05, 4.69) is 29.2 Å². The van der Waals surface area contributed by atoms with Crippen molar-refractivity contribution in [2.45, 2.75) is 62.8 Å². The van der Waals surface area contributed by atoms with Crippen LogP contribution in [0.5, 0.6) is 11.5 Å². The predicted octanol–water partition coefficient (Wildman–Crippen LogP) is 4.98. The van der Waals surface area contributed by atoms with Crippen LogP contribution < -0.4 is 9.47 Å². The van der Waals surface area contributed by atoms with Crippen LogP contribution >= 0.6 is 0 Å². The van der Waals surface area contributed by atoms with E-state index in [0.717, 1.165) is 24.9 Å². The van der Waals surface area contributed by atoms with Crippen LogP contribution in [-0.4, -0.2) is 42.7 Å². The Morgan fingerprint density at radius 1 is 1.03 bits per heavy atom. The number of ketones is 1. The fraction of sp³-hybridized carbons (Fsp3) is 0.500. The van der Waals surface area contributed by atoms with Crippen LogP contribution in [0.2, 0.25) is 0 Å². The Hall–Kier alpha value is -2.40. The van der Waals surface area contributed by atoms with Gasteiger partial charge >= 0.3 is 0 Å². The van der Waals surface area contributed by atoms with Gasteiger partial charge < -0.3 is 9.47 Å². The molecule has 4 nitrogen and oxygen atoms in total. The van der Waals surface area contributed by atoms with Crippen LogP contribution in [-0.2, 0) is 13.0 Å². The fourth-order valence-electron chi connectivity index (χ4n) is 6.10. The molecule has 3 unspecified atom stereocenters. The summed E-state index contributed by atoms with van der Waals surface area (Å²) in [6.45, 7) is 0.889. The smallest absolute Gasteiger partial charge is 0.166 e. The van der Waals surface area contributed by atoms with Gasteiger partial charge in [0.25, 0.3) is 0 Å². The summed E-state index contributed by atoms with van der Waals surface area (Å²) in [6, 6.07) is 14.6. The van der Waals surface area contributed by atoms with Gasteiger partial charge in [-0.15, -0.1) is 0 Å². The third-order valence-corrected chi connectivity index (χ3v) is 7.51. The predicted molar refractivity (Wildman–Crippen MR) is 118 cm³/mol. The number of hydrogen-bond acceptors (Lipinski definition) is 4. The van der Waals surface area contributed by atoms with Crippen molar-refractivity contribution in [2.24, 2.45) is 5.92 Å². The highest BCUT2D eigenvalue weighted by molar-refractivity contribution is 6.03. The molecule has 5 rings (SSSR count). The number of ether oxygens (including phenoxy) is 2. The normalized spacial score (nSPS) is 29.8. The van der Waals surface area contributed by atoms with E-state index >= 15 is 4.39 Å². The molecule has 164 valence electrons. The van der Waals surface area contributed by atoms with Crippen molar-refractivity contribution in [3.8, 4) is 11.5 Å². The molecule has 2 aliphatic heterocycles. The average molecular weight is 424 g/mol. The minimum Gasteiger partial charge on any atom is -0.493 e. The highest BCUT2D eigenvalue weighted by Crippen LogP contribution is 2.48. The molecule has 0 spiro atoms. The number of alkyl halides is 1. The van der Waals surface area contributed by atoms with E-state index < -0.39 is 5.67 Å². The number of carbonyl (C=O) groups is 1. The van der Waals surface area contributed by atoms with Gasteiger partial charge in [0.05, 0.1) is 14.2 Å². The molecule has 2 aromatic carbocycles. The topological polar surface area (TPSA) is 38.8 Å². The largest absolute Gasteiger partial charge is 0.493 e. The first-order valence-electron chi connectivity index (χ1n) is 11.3. The van der Waals surface area contributed by atoms with Crippen molar-refractivity contribution in [1.82, 2.24) is 4.90 Å². The number of hydrogen-bond donors (Lipinski definition) is 0. The lowest BCUT2D eigenvalue weighted by Crippen LogP contribution is -2.49. The number of benzene rings is 2. The summed E-state index contributed by atoms with van der Waals surface area (Å²) in [7, 11) is 3.16. The van der Waals surface area contributed by atoms with E-state index in [9.17, 15) is 4.79 Å². The van der Waals surface area contributed by atoms with E-state index in [1.54, 1.807) is 20.3 Å². The van der Waals surface area contributed by atoms with Crippen molar-refractivity contribution in [3.63, 3.8) is 0 Å². The van der Waals surface area contributed by atoms with Crippen LogP contribution in [0.4, 0.5) is 4.39 Å². The van der Waals surface area contributed by atoms with E-state index in [4.69, 9.17) is 9.47 Å². The molecule has 5 heteroatoms. The van der Waals surface area contributed by atoms with Crippen LogP contribution in [0.3, 0.4) is 0 Å². The molecule has 2 saturated heterocycles. The lowest BCUT2D eigenvalue weighted by Gasteiger charge is -2.43. The van der Waals surface area contributed by atoms with E-state index in [-0.39, 0.29) is 23.8 Å². The van der Waals surface area contributed by atoms with Crippen LogP contribution in [0.15, 0.2) is 42.5 Å². The van der Waals surface area contributed by atoms with Gasteiger partial charge in [-0.2, -0.15) is 0 Å². The number of carbonyl (C=O) groups excluding carboxylic acids is 1. The Morgan fingerprint density at radius 2 is 1.68 bits per heavy atom. The van der Waals surface area contributed by atoms with E-state index in [1.165, 1.54) is 5.56 Å². The second-order valence-corrected chi connectivity index (χ2v) is 9.44. The summed E-state index contributed by atoms with van der Waals surface area (Å²) in [5, 5.41) is 0. The molecular weight excluding hydrogens is 393 g/mol. The second-order valence-electron chi connectivity index (χ2n) is 9.44. The Bertz CT molecular complexity index is 962.